The minimum atomic E-state index is 0.114. The summed E-state index contributed by atoms with van der Waals surface area (Å²) in [6.45, 7) is 4.64. The van der Waals surface area contributed by atoms with Gasteiger partial charge in [0, 0.05) is 12.0 Å². The summed E-state index contributed by atoms with van der Waals surface area (Å²) < 4.78 is 10.8. The fourth-order valence-electron chi connectivity index (χ4n) is 1.49. The molecule has 0 bridgehead atoms. The minimum absolute atomic E-state index is 0.114. The monoisotopic (exact) mass is 236 g/mol. The number of methoxy groups -OCH3 is 1. The summed E-state index contributed by atoms with van der Waals surface area (Å²) >= 11 is 0. The van der Waals surface area contributed by atoms with Crippen LogP contribution in [0.1, 0.15) is 43.5 Å². The zero-order valence-corrected chi connectivity index (χ0v) is 10.8. The van der Waals surface area contributed by atoms with E-state index in [0.29, 0.717) is 30.1 Å². The molecular weight excluding hydrogens is 216 g/mol. The molecule has 0 aliphatic rings. The molecule has 0 saturated carbocycles. The Kier molecular flexibility index (Phi) is 5.53. The van der Waals surface area contributed by atoms with Crippen molar-refractivity contribution >= 4 is 5.78 Å². The normalized spacial score (nSPS) is 10.1. The van der Waals surface area contributed by atoms with Crippen molar-refractivity contribution in [3.8, 4) is 11.5 Å². The van der Waals surface area contributed by atoms with Crippen molar-refractivity contribution in [2.75, 3.05) is 13.7 Å². The van der Waals surface area contributed by atoms with Gasteiger partial charge in [0.05, 0.1) is 13.7 Å². The largest absolute Gasteiger partial charge is 0.493 e. The minimum Gasteiger partial charge on any atom is -0.493 e. The Labute approximate surface area is 103 Å². The maximum atomic E-state index is 11.6. The van der Waals surface area contributed by atoms with Gasteiger partial charge in [0.25, 0.3) is 0 Å². The van der Waals surface area contributed by atoms with E-state index >= 15 is 0 Å². The Morgan fingerprint density at radius 1 is 1.24 bits per heavy atom. The van der Waals surface area contributed by atoms with Gasteiger partial charge in [0.15, 0.2) is 17.3 Å². The fraction of sp³-hybridized carbons (Fsp3) is 0.500. The van der Waals surface area contributed by atoms with Gasteiger partial charge in [-0.3, -0.25) is 4.79 Å². The van der Waals surface area contributed by atoms with Crippen molar-refractivity contribution in [1.82, 2.24) is 0 Å². The summed E-state index contributed by atoms with van der Waals surface area (Å²) in [7, 11) is 1.59. The van der Waals surface area contributed by atoms with E-state index in [-0.39, 0.29) is 5.78 Å². The van der Waals surface area contributed by atoms with E-state index < -0.39 is 0 Å². The van der Waals surface area contributed by atoms with Crippen LogP contribution in [-0.4, -0.2) is 19.5 Å². The first-order valence-electron chi connectivity index (χ1n) is 6.07. The Morgan fingerprint density at radius 2 is 2.00 bits per heavy atom. The van der Waals surface area contributed by atoms with Crippen LogP contribution >= 0.6 is 0 Å². The Balaban J connectivity index is 2.81. The second kappa shape index (κ2) is 6.94. The highest BCUT2D eigenvalue weighted by molar-refractivity contribution is 5.96. The highest BCUT2D eigenvalue weighted by Crippen LogP contribution is 2.28. The Hall–Kier alpha value is -1.51. The molecule has 0 saturated heterocycles. The molecule has 0 heterocycles. The second-order valence-corrected chi connectivity index (χ2v) is 3.84. The van der Waals surface area contributed by atoms with E-state index in [2.05, 4.69) is 6.92 Å². The van der Waals surface area contributed by atoms with E-state index in [1.807, 2.05) is 6.92 Å². The summed E-state index contributed by atoms with van der Waals surface area (Å²) in [6.07, 6.45) is 2.60. The lowest BCUT2D eigenvalue weighted by atomic mass is 10.1. The third kappa shape index (κ3) is 3.77. The van der Waals surface area contributed by atoms with Gasteiger partial charge < -0.3 is 9.47 Å². The van der Waals surface area contributed by atoms with Crippen molar-refractivity contribution in [3.63, 3.8) is 0 Å². The number of ketones is 1. The molecule has 17 heavy (non-hydrogen) atoms. The molecule has 0 atom stereocenters. The van der Waals surface area contributed by atoms with Crippen molar-refractivity contribution in [1.29, 1.82) is 0 Å². The van der Waals surface area contributed by atoms with Crippen LogP contribution in [-0.2, 0) is 0 Å². The van der Waals surface area contributed by atoms with Crippen LogP contribution in [0.2, 0.25) is 0 Å². The lowest BCUT2D eigenvalue weighted by molar-refractivity contribution is 0.0987. The third-order valence-corrected chi connectivity index (χ3v) is 2.56. The molecule has 1 rings (SSSR count). The van der Waals surface area contributed by atoms with Crippen LogP contribution in [0, 0.1) is 0 Å². The molecule has 1 aromatic carbocycles. The topological polar surface area (TPSA) is 35.5 Å². The van der Waals surface area contributed by atoms with Crippen molar-refractivity contribution < 1.29 is 14.3 Å². The first-order valence-corrected chi connectivity index (χ1v) is 6.07. The third-order valence-electron chi connectivity index (χ3n) is 2.56. The maximum Gasteiger partial charge on any atom is 0.162 e. The number of ether oxygens (including phenoxy) is 2. The number of Topliss-reactive ketones (excluding diaryl/α,β-unsaturated/α-hetero) is 1. The molecule has 0 spiro atoms. The van der Waals surface area contributed by atoms with Crippen LogP contribution in [0.4, 0.5) is 0 Å². The number of carbonyl (C=O) groups is 1. The molecular formula is C14H20O3. The van der Waals surface area contributed by atoms with Gasteiger partial charge >= 0.3 is 0 Å². The van der Waals surface area contributed by atoms with Crippen LogP contribution in [0.5, 0.6) is 11.5 Å². The van der Waals surface area contributed by atoms with E-state index in [9.17, 15) is 4.79 Å². The smallest absolute Gasteiger partial charge is 0.162 e. The zero-order valence-electron chi connectivity index (χ0n) is 10.8. The standard InChI is InChI=1S/C14H20O3/c1-4-6-9-17-13-8-7-11(12(15)5-2)10-14(13)16-3/h7-8,10H,4-6,9H2,1-3H3. The number of unbranched alkanes of at least 4 members (excludes halogenated alkanes) is 1. The number of carbonyl (C=O) groups excluding carboxylic acids is 1. The van der Waals surface area contributed by atoms with E-state index in [4.69, 9.17) is 9.47 Å². The molecule has 0 aromatic heterocycles. The molecule has 0 fully saturated rings. The van der Waals surface area contributed by atoms with E-state index in [1.165, 1.54) is 0 Å². The molecule has 0 amide bonds. The molecule has 0 aliphatic heterocycles. The molecule has 0 radical (unpaired) electrons. The molecule has 0 N–H and O–H groups in total. The van der Waals surface area contributed by atoms with Gasteiger partial charge in [-0.15, -0.1) is 0 Å². The van der Waals surface area contributed by atoms with Crippen molar-refractivity contribution in [2.24, 2.45) is 0 Å². The van der Waals surface area contributed by atoms with Crippen molar-refractivity contribution in [3.05, 3.63) is 23.8 Å². The summed E-state index contributed by atoms with van der Waals surface area (Å²) in [4.78, 5) is 11.6. The fourth-order valence-corrected chi connectivity index (χ4v) is 1.49. The molecule has 3 heteroatoms. The Morgan fingerprint density at radius 3 is 2.59 bits per heavy atom. The van der Waals surface area contributed by atoms with Gasteiger partial charge in [-0.05, 0) is 24.6 Å². The maximum absolute atomic E-state index is 11.6. The number of benzene rings is 1. The summed E-state index contributed by atoms with van der Waals surface area (Å²) in [5, 5.41) is 0. The van der Waals surface area contributed by atoms with E-state index in [0.717, 1.165) is 12.8 Å². The summed E-state index contributed by atoms with van der Waals surface area (Å²) in [5.74, 6) is 1.44. The van der Waals surface area contributed by atoms with Gasteiger partial charge in [-0.25, -0.2) is 0 Å². The SMILES string of the molecule is CCCCOc1ccc(C(=O)CC)cc1OC. The van der Waals surface area contributed by atoms with Crippen LogP contribution < -0.4 is 9.47 Å². The molecule has 94 valence electrons. The predicted molar refractivity (Wildman–Crippen MR) is 68.0 cm³/mol. The first-order chi connectivity index (χ1) is 8.22. The molecule has 0 aliphatic carbocycles. The zero-order chi connectivity index (χ0) is 12.7. The molecule has 0 unspecified atom stereocenters. The highest BCUT2D eigenvalue weighted by atomic mass is 16.5. The van der Waals surface area contributed by atoms with E-state index in [1.54, 1.807) is 25.3 Å². The van der Waals surface area contributed by atoms with Crippen LogP contribution in [0.3, 0.4) is 0 Å². The predicted octanol–water partition coefficient (Wildman–Crippen LogP) is 3.47. The number of rotatable bonds is 7. The summed E-state index contributed by atoms with van der Waals surface area (Å²) in [5.41, 5.74) is 0.673. The van der Waals surface area contributed by atoms with Crippen LogP contribution in [0.15, 0.2) is 18.2 Å². The van der Waals surface area contributed by atoms with Crippen molar-refractivity contribution in [2.45, 2.75) is 33.1 Å². The van der Waals surface area contributed by atoms with Gasteiger partial charge in [0.1, 0.15) is 0 Å². The molecule has 1 aromatic rings. The van der Waals surface area contributed by atoms with Gasteiger partial charge in [0.2, 0.25) is 0 Å². The lowest BCUT2D eigenvalue weighted by Gasteiger charge is -2.11. The van der Waals surface area contributed by atoms with Crippen LogP contribution in [0.25, 0.3) is 0 Å². The number of hydrogen-bond donors (Lipinski definition) is 0. The average molecular weight is 236 g/mol. The van der Waals surface area contributed by atoms with Gasteiger partial charge in [-0.2, -0.15) is 0 Å². The highest BCUT2D eigenvalue weighted by Gasteiger charge is 2.09. The number of hydrogen-bond acceptors (Lipinski definition) is 3. The second-order valence-electron chi connectivity index (χ2n) is 3.84. The molecule has 3 nitrogen and oxygen atoms in total. The first kappa shape index (κ1) is 13.6. The van der Waals surface area contributed by atoms with Gasteiger partial charge in [-0.1, -0.05) is 20.3 Å². The average Bonchev–Trinajstić information content (AvgIpc) is 2.38. The Bertz CT molecular complexity index is 372. The lowest BCUT2D eigenvalue weighted by Crippen LogP contribution is -2.01. The quantitative estimate of drug-likeness (QED) is 0.537. The summed E-state index contributed by atoms with van der Waals surface area (Å²) in [6, 6.07) is 5.33.